The molecule has 32 heavy (non-hydrogen) atoms. The Morgan fingerprint density at radius 1 is 1.06 bits per heavy atom. The van der Waals surface area contributed by atoms with Crippen LogP contribution >= 0.6 is 23.2 Å². The van der Waals surface area contributed by atoms with E-state index in [0.29, 0.717) is 27.8 Å². The van der Waals surface area contributed by atoms with Crippen molar-refractivity contribution in [3.63, 3.8) is 0 Å². The Morgan fingerprint density at radius 2 is 1.72 bits per heavy atom. The Labute approximate surface area is 201 Å². The van der Waals surface area contributed by atoms with Crippen LogP contribution in [0.2, 0.25) is 10.0 Å². The highest BCUT2D eigenvalue weighted by Gasteiger charge is 2.31. The zero-order chi connectivity index (χ0) is 23.9. The van der Waals surface area contributed by atoms with Crippen LogP contribution in [0.4, 0.5) is 0 Å². The number of ether oxygens (including phenoxy) is 1. The Balaban J connectivity index is 2.25. The first-order valence-corrected chi connectivity index (χ1v) is 11.6. The molecule has 2 aromatic carbocycles. The van der Waals surface area contributed by atoms with Crippen molar-refractivity contribution in [3.8, 4) is 5.75 Å². The fourth-order valence-corrected chi connectivity index (χ4v) is 3.72. The lowest BCUT2D eigenvalue weighted by molar-refractivity contribution is -0.143. The molecule has 0 heterocycles. The zero-order valence-corrected chi connectivity index (χ0v) is 20.9. The molecule has 0 bridgehead atoms. The van der Waals surface area contributed by atoms with Crippen LogP contribution in [-0.4, -0.2) is 34.9 Å². The van der Waals surface area contributed by atoms with Crippen LogP contribution in [0.15, 0.2) is 42.5 Å². The number of hydrogen-bond acceptors (Lipinski definition) is 3. The Morgan fingerprint density at radius 3 is 2.25 bits per heavy atom. The molecule has 5 nitrogen and oxygen atoms in total. The van der Waals surface area contributed by atoms with Crippen LogP contribution in [0.5, 0.6) is 5.75 Å². The predicted octanol–water partition coefficient (Wildman–Crippen LogP) is 5.66. The number of rotatable bonds is 9. The van der Waals surface area contributed by atoms with Gasteiger partial charge in [-0.05, 0) is 69.0 Å². The summed E-state index contributed by atoms with van der Waals surface area (Å²) in [6.07, 6.45) is 1.37. The number of nitrogens with zero attached hydrogens (tertiary/aromatic N) is 1. The van der Waals surface area contributed by atoms with E-state index < -0.39 is 11.6 Å². The molecule has 1 atom stereocenters. The molecule has 174 valence electrons. The molecular formula is C25H32Cl2N2O3. The SMILES string of the molecule is CCc1ccc(OCC(=O)N(Cc2ccc(Cl)cc2Cl)[C@H](CC)C(=O)NC(C)(C)C)cc1. The van der Waals surface area contributed by atoms with Gasteiger partial charge >= 0.3 is 0 Å². The van der Waals surface area contributed by atoms with Gasteiger partial charge in [0.25, 0.3) is 5.91 Å². The summed E-state index contributed by atoms with van der Waals surface area (Å²) in [6.45, 7) is 9.65. The molecule has 0 fully saturated rings. The van der Waals surface area contributed by atoms with E-state index in [1.807, 2.05) is 52.0 Å². The van der Waals surface area contributed by atoms with Gasteiger partial charge in [-0.1, -0.05) is 55.2 Å². The van der Waals surface area contributed by atoms with Crippen LogP contribution in [0, 0.1) is 0 Å². The van der Waals surface area contributed by atoms with Crippen molar-refractivity contribution in [2.45, 2.75) is 65.6 Å². The first-order valence-electron chi connectivity index (χ1n) is 10.8. The van der Waals surface area contributed by atoms with Crippen LogP contribution in [0.3, 0.4) is 0 Å². The molecular weight excluding hydrogens is 447 g/mol. The van der Waals surface area contributed by atoms with Gasteiger partial charge < -0.3 is 15.0 Å². The smallest absolute Gasteiger partial charge is 0.261 e. The molecule has 0 aromatic heterocycles. The molecule has 2 aromatic rings. The van der Waals surface area contributed by atoms with E-state index in [9.17, 15) is 9.59 Å². The Kier molecular flexibility index (Phi) is 9.41. The van der Waals surface area contributed by atoms with Gasteiger partial charge in [-0.3, -0.25) is 9.59 Å². The van der Waals surface area contributed by atoms with Crippen molar-refractivity contribution in [1.82, 2.24) is 10.2 Å². The lowest BCUT2D eigenvalue weighted by atomic mass is 10.1. The monoisotopic (exact) mass is 478 g/mol. The second-order valence-corrected chi connectivity index (χ2v) is 9.55. The van der Waals surface area contributed by atoms with Crippen LogP contribution in [0.1, 0.15) is 52.2 Å². The highest BCUT2D eigenvalue weighted by molar-refractivity contribution is 6.35. The van der Waals surface area contributed by atoms with Gasteiger partial charge in [0, 0.05) is 22.1 Å². The molecule has 7 heteroatoms. The minimum atomic E-state index is -0.667. The number of hydrogen-bond donors (Lipinski definition) is 1. The van der Waals surface area contributed by atoms with Crippen molar-refractivity contribution in [3.05, 3.63) is 63.6 Å². The molecule has 2 amide bonds. The van der Waals surface area contributed by atoms with Crippen molar-refractivity contribution in [2.24, 2.45) is 0 Å². The van der Waals surface area contributed by atoms with E-state index in [1.54, 1.807) is 18.2 Å². The van der Waals surface area contributed by atoms with E-state index in [4.69, 9.17) is 27.9 Å². The van der Waals surface area contributed by atoms with Crippen LogP contribution in [-0.2, 0) is 22.6 Å². The fourth-order valence-electron chi connectivity index (χ4n) is 3.26. The first kappa shape index (κ1) is 26.0. The number of carbonyl (C=O) groups is 2. The normalized spacial score (nSPS) is 12.2. The van der Waals surface area contributed by atoms with E-state index in [-0.39, 0.29) is 25.0 Å². The third-order valence-corrected chi connectivity index (χ3v) is 5.52. The van der Waals surface area contributed by atoms with Gasteiger partial charge in [0.05, 0.1) is 0 Å². The average Bonchev–Trinajstić information content (AvgIpc) is 2.72. The number of amides is 2. The number of halogens is 2. The molecule has 0 aliphatic heterocycles. The van der Waals surface area contributed by atoms with E-state index >= 15 is 0 Å². The number of nitrogens with one attached hydrogen (secondary N) is 1. The van der Waals surface area contributed by atoms with E-state index in [2.05, 4.69) is 12.2 Å². The van der Waals surface area contributed by atoms with Crippen molar-refractivity contribution < 1.29 is 14.3 Å². The number of benzene rings is 2. The van der Waals surface area contributed by atoms with Gasteiger partial charge in [0.1, 0.15) is 11.8 Å². The average molecular weight is 479 g/mol. The molecule has 0 unspecified atom stereocenters. The summed E-state index contributed by atoms with van der Waals surface area (Å²) in [5.74, 6) is 0.0874. The minimum Gasteiger partial charge on any atom is -0.484 e. The molecule has 0 aliphatic rings. The third kappa shape index (κ3) is 7.72. The van der Waals surface area contributed by atoms with Crippen molar-refractivity contribution in [1.29, 1.82) is 0 Å². The number of aryl methyl sites for hydroxylation is 1. The second-order valence-electron chi connectivity index (χ2n) is 8.71. The van der Waals surface area contributed by atoms with E-state index in [1.165, 1.54) is 10.5 Å². The summed E-state index contributed by atoms with van der Waals surface area (Å²) in [5, 5.41) is 3.92. The lowest BCUT2D eigenvalue weighted by Gasteiger charge is -2.33. The highest BCUT2D eigenvalue weighted by Crippen LogP contribution is 2.24. The molecule has 2 rings (SSSR count). The summed E-state index contributed by atoms with van der Waals surface area (Å²) in [6, 6.07) is 12.1. The Hall–Kier alpha value is -2.24. The third-order valence-electron chi connectivity index (χ3n) is 4.93. The maximum Gasteiger partial charge on any atom is 0.261 e. The minimum absolute atomic E-state index is 0.170. The fraction of sp³-hybridized carbons (Fsp3) is 0.440. The maximum absolute atomic E-state index is 13.2. The molecule has 0 spiro atoms. The lowest BCUT2D eigenvalue weighted by Crippen LogP contribution is -2.54. The summed E-state index contributed by atoms with van der Waals surface area (Å²) < 4.78 is 5.73. The number of carbonyl (C=O) groups excluding carboxylic acids is 2. The van der Waals surface area contributed by atoms with Gasteiger partial charge in [-0.15, -0.1) is 0 Å². The van der Waals surface area contributed by atoms with Crippen molar-refractivity contribution in [2.75, 3.05) is 6.61 Å². The largest absolute Gasteiger partial charge is 0.484 e. The Bertz CT molecular complexity index is 924. The highest BCUT2D eigenvalue weighted by atomic mass is 35.5. The molecule has 0 saturated heterocycles. The topological polar surface area (TPSA) is 58.6 Å². The second kappa shape index (κ2) is 11.6. The van der Waals surface area contributed by atoms with Gasteiger partial charge in [-0.2, -0.15) is 0 Å². The molecule has 0 radical (unpaired) electrons. The molecule has 0 saturated carbocycles. The molecule has 0 aliphatic carbocycles. The quantitative estimate of drug-likeness (QED) is 0.505. The summed E-state index contributed by atoms with van der Waals surface area (Å²) in [7, 11) is 0. The summed E-state index contributed by atoms with van der Waals surface area (Å²) >= 11 is 12.4. The van der Waals surface area contributed by atoms with Crippen molar-refractivity contribution >= 4 is 35.0 Å². The maximum atomic E-state index is 13.2. The van der Waals surface area contributed by atoms with E-state index in [0.717, 1.165) is 6.42 Å². The standard InChI is InChI=1S/C25H32Cl2N2O3/c1-6-17-8-12-20(13-9-17)32-16-23(30)29(15-18-10-11-19(26)14-21(18)27)22(7-2)24(31)28-25(3,4)5/h8-14,22H,6-7,15-16H2,1-5H3,(H,28,31)/t22-/m1/s1. The van der Waals surface area contributed by atoms with Gasteiger partial charge in [-0.25, -0.2) is 0 Å². The van der Waals surface area contributed by atoms with Gasteiger partial charge in [0.15, 0.2) is 6.61 Å². The summed E-state index contributed by atoms with van der Waals surface area (Å²) in [5.41, 5.74) is 1.47. The zero-order valence-electron chi connectivity index (χ0n) is 19.4. The van der Waals surface area contributed by atoms with Crippen LogP contribution < -0.4 is 10.1 Å². The molecule has 1 N–H and O–H groups in total. The predicted molar refractivity (Wildman–Crippen MR) is 130 cm³/mol. The summed E-state index contributed by atoms with van der Waals surface area (Å²) in [4.78, 5) is 27.8. The first-order chi connectivity index (χ1) is 15.0. The van der Waals surface area contributed by atoms with Gasteiger partial charge in [0.2, 0.25) is 5.91 Å². The van der Waals surface area contributed by atoms with Crippen LogP contribution in [0.25, 0.3) is 0 Å².